The predicted octanol–water partition coefficient (Wildman–Crippen LogP) is 2.54. The summed E-state index contributed by atoms with van der Waals surface area (Å²) >= 11 is 5.77. The van der Waals surface area contributed by atoms with Gasteiger partial charge in [-0.25, -0.2) is 4.98 Å². The molecule has 1 saturated heterocycles. The SMILES string of the molecule is O=C(NCc1nc2ccccc2[nH]1)C1CCN(c2ccc(Cl)nn2)CC1. The van der Waals surface area contributed by atoms with Crippen molar-refractivity contribution >= 4 is 34.4 Å². The summed E-state index contributed by atoms with van der Waals surface area (Å²) < 4.78 is 0. The van der Waals surface area contributed by atoms with Crippen molar-refractivity contribution in [3.8, 4) is 0 Å². The van der Waals surface area contributed by atoms with Crippen LogP contribution in [0.25, 0.3) is 11.0 Å². The molecular weight excluding hydrogens is 352 g/mol. The fraction of sp³-hybridized carbons (Fsp3) is 0.333. The smallest absolute Gasteiger partial charge is 0.223 e. The summed E-state index contributed by atoms with van der Waals surface area (Å²) in [5, 5.41) is 11.4. The third-order valence-corrected chi connectivity index (χ3v) is 4.88. The molecule has 0 radical (unpaired) electrons. The molecule has 2 N–H and O–H groups in total. The number of carbonyl (C=O) groups excluding carboxylic acids is 1. The normalized spacial score (nSPS) is 15.3. The van der Waals surface area contributed by atoms with Crippen molar-refractivity contribution in [3.05, 3.63) is 47.4 Å². The quantitative estimate of drug-likeness (QED) is 0.737. The molecule has 134 valence electrons. The first-order valence-electron chi connectivity index (χ1n) is 8.64. The van der Waals surface area contributed by atoms with Crippen molar-refractivity contribution in [2.45, 2.75) is 19.4 Å². The van der Waals surface area contributed by atoms with Crippen LogP contribution in [0.4, 0.5) is 5.82 Å². The molecular formula is C18H19ClN6O. The number of anilines is 1. The zero-order chi connectivity index (χ0) is 17.9. The van der Waals surface area contributed by atoms with Crippen molar-refractivity contribution in [1.29, 1.82) is 0 Å². The van der Waals surface area contributed by atoms with Gasteiger partial charge in [0.1, 0.15) is 5.82 Å². The number of aromatic nitrogens is 4. The number of nitrogens with one attached hydrogen (secondary N) is 2. The van der Waals surface area contributed by atoms with E-state index in [1.54, 1.807) is 6.07 Å². The van der Waals surface area contributed by atoms with Gasteiger partial charge in [0.05, 0.1) is 17.6 Å². The summed E-state index contributed by atoms with van der Waals surface area (Å²) in [4.78, 5) is 22.3. The van der Waals surface area contributed by atoms with Crippen molar-refractivity contribution < 1.29 is 4.79 Å². The summed E-state index contributed by atoms with van der Waals surface area (Å²) in [7, 11) is 0. The molecule has 1 aromatic carbocycles. The third kappa shape index (κ3) is 3.62. The molecule has 4 rings (SSSR count). The van der Waals surface area contributed by atoms with Crippen LogP contribution in [0.2, 0.25) is 5.15 Å². The molecule has 8 heteroatoms. The number of imidazole rings is 1. The van der Waals surface area contributed by atoms with E-state index in [9.17, 15) is 4.79 Å². The molecule has 0 aliphatic carbocycles. The molecule has 1 fully saturated rings. The highest BCUT2D eigenvalue weighted by Crippen LogP contribution is 2.22. The number of benzene rings is 1. The number of H-pyrrole nitrogens is 1. The van der Waals surface area contributed by atoms with Crippen molar-refractivity contribution in [3.63, 3.8) is 0 Å². The molecule has 0 unspecified atom stereocenters. The zero-order valence-corrected chi connectivity index (χ0v) is 14.9. The molecule has 1 aliphatic rings. The van der Waals surface area contributed by atoms with Crippen molar-refractivity contribution in [2.24, 2.45) is 5.92 Å². The van der Waals surface area contributed by atoms with Gasteiger partial charge in [-0.05, 0) is 37.1 Å². The summed E-state index contributed by atoms with van der Waals surface area (Å²) in [5.41, 5.74) is 1.89. The van der Waals surface area contributed by atoms with Gasteiger partial charge in [-0.1, -0.05) is 23.7 Å². The van der Waals surface area contributed by atoms with E-state index in [4.69, 9.17) is 11.6 Å². The highest BCUT2D eigenvalue weighted by Gasteiger charge is 2.25. The Morgan fingerprint density at radius 3 is 2.73 bits per heavy atom. The Balaban J connectivity index is 1.30. The number of amides is 1. The maximum atomic E-state index is 12.5. The van der Waals surface area contributed by atoms with Crippen LogP contribution >= 0.6 is 11.6 Å². The number of para-hydroxylation sites is 2. The van der Waals surface area contributed by atoms with Gasteiger partial charge in [-0.15, -0.1) is 10.2 Å². The number of hydrogen-bond donors (Lipinski definition) is 2. The molecule has 3 heterocycles. The minimum Gasteiger partial charge on any atom is -0.355 e. The third-order valence-electron chi connectivity index (χ3n) is 4.68. The number of rotatable bonds is 4. The Morgan fingerprint density at radius 1 is 1.19 bits per heavy atom. The molecule has 0 atom stereocenters. The summed E-state index contributed by atoms with van der Waals surface area (Å²) in [5.74, 6) is 1.66. The van der Waals surface area contributed by atoms with Crippen LogP contribution in [0.5, 0.6) is 0 Å². The number of hydrogen-bond acceptors (Lipinski definition) is 5. The van der Waals surface area contributed by atoms with E-state index in [1.165, 1.54) is 0 Å². The summed E-state index contributed by atoms with van der Waals surface area (Å²) in [6.07, 6.45) is 1.58. The largest absolute Gasteiger partial charge is 0.355 e. The molecule has 0 saturated carbocycles. The lowest BCUT2D eigenvalue weighted by Gasteiger charge is -2.31. The first-order chi connectivity index (χ1) is 12.7. The van der Waals surface area contributed by atoms with E-state index in [1.807, 2.05) is 30.3 Å². The first-order valence-corrected chi connectivity index (χ1v) is 9.02. The van der Waals surface area contributed by atoms with Crippen LogP contribution in [0.15, 0.2) is 36.4 Å². The molecule has 1 aliphatic heterocycles. The Hall–Kier alpha value is -2.67. The number of nitrogens with zero attached hydrogens (tertiary/aromatic N) is 4. The minimum atomic E-state index is 0.0101. The molecule has 0 bridgehead atoms. The van der Waals surface area contributed by atoms with Gasteiger partial charge in [0.15, 0.2) is 11.0 Å². The van der Waals surface area contributed by atoms with Gasteiger partial charge >= 0.3 is 0 Å². The Labute approximate surface area is 155 Å². The Bertz CT molecular complexity index is 868. The maximum absolute atomic E-state index is 12.5. The van der Waals surface area contributed by atoms with Crippen molar-refractivity contribution in [2.75, 3.05) is 18.0 Å². The van der Waals surface area contributed by atoms with Gasteiger partial charge in [0.2, 0.25) is 5.91 Å². The van der Waals surface area contributed by atoms with E-state index >= 15 is 0 Å². The average molecular weight is 371 g/mol. The second kappa shape index (κ2) is 7.29. The monoisotopic (exact) mass is 370 g/mol. The standard InChI is InChI=1S/C18H19ClN6O/c19-15-5-6-17(24-23-15)25-9-7-12(8-10-25)18(26)20-11-16-21-13-3-1-2-4-14(13)22-16/h1-6,12H,7-11H2,(H,20,26)(H,21,22). The first kappa shape index (κ1) is 16.8. The average Bonchev–Trinajstić information content (AvgIpc) is 3.10. The van der Waals surface area contributed by atoms with E-state index in [-0.39, 0.29) is 11.8 Å². The molecule has 1 amide bonds. The molecule has 26 heavy (non-hydrogen) atoms. The topological polar surface area (TPSA) is 86.8 Å². The zero-order valence-electron chi connectivity index (χ0n) is 14.2. The number of fused-ring (bicyclic) bond motifs is 1. The second-order valence-electron chi connectivity index (χ2n) is 6.39. The minimum absolute atomic E-state index is 0.0101. The Kier molecular flexibility index (Phi) is 4.71. The van der Waals surface area contributed by atoms with Gasteiger partial charge in [-0.3, -0.25) is 4.79 Å². The van der Waals surface area contributed by atoms with Crippen LogP contribution in [-0.4, -0.2) is 39.2 Å². The van der Waals surface area contributed by atoms with Crippen molar-refractivity contribution in [1.82, 2.24) is 25.5 Å². The fourth-order valence-corrected chi connectivity index (χ4v) is 3.35. The van der Waals surface area contributed by atoms with E-state index in [0.717, 1.165) is 48.6 Å². The molecule has 7 nitrogen and oxygen atoms in total. The van der Waals surface area contributed by atoms with Crippen LogP contribution in [0.1, 0.15) is 18.7 Å². The van der Waals surface area contributed by atoms with Crippen LogP contribution in [0, 0.1) is 5.92 Å². The van der Waals surface area contributed by atoms with Gasteiger partial charge in [0.25, 0.3) is 0 Å². The number of halogens is 1. The Morgan fingerprint density at radius 2 is 2.00 bits per heavy atom. The highest BCUT2D eigenvalue weighted by molar-refractivity contribution is 6.29. The van der Waals surface area contributed by atoms with Gasteiger partial charge < -0.3 is 15.2 Å². The van der Waals surface area contributed by atoms with E-state index in [0.29, 0.717) is 11.7 Å². The van der Waals surface area contributed by atoms with Gasteiger partial charge in [0, 0.05) is 19.0 Å². The lowest BCUT2D eigenvalue weighted by Crippen LogP contribution is -2.40. The van der Waals surface area contributed by atoms with Crippen LogP contribution in [0.3, 0.4) is 0 Å². The summed E-state index contributed by atoms with van der Waals surface area (Å²) in [6, 6.07) is 11.4. The number of carbonyl (C=O) groups is 1. The fourth-order valence-electron chi connectivity index (χ4n) is 3.25. The second-order valence-corrected chi connectivity index (χ2v) is 6.78. The summed E-state index contributed by atoms with van der Waals surface area (Å²) in [6.45, 7) is 1.97. The lowest BCUT2D eigenvalue weighted by molar-refractivity contribution is -0.125. The van der Waals surface area contributed by atoms with E-state index in [2.05, 4.69) is 30.4 Å². The number of piperidine rings is 1. The predicted molar refractivity (Wildman–Crippen MR) is 99.9 cm³/mol. The molecule has 0 spiro atoms. The maximum Gasteiger partial charge on any atom is 0.223 e. The highest BCUT2D eigenvalue weighted by atomic mass is 35.5. The lowest BCUT2D eigenvalue weighted by atomic mass is 9.96. The molecule has 3 aromatic rings. The van der Waals surface area contributed by atoms with Crippen LogP contribution in [-0.2, 0) is 11.3 Å². The van der Waals surface area contributed by atoms with Gasteiger partial charge in [-0.2, -0.15) is 0 Å². The van der Waals surface area contributed by atoms with E-state index < -0.39 is 0 Å². The number of aromatic amines is 1. The molecule has 2 aromatic heterocycles. The van der Waals surface area contributed by atoms with Crippen LogP contribution < -0.4 is 10.2 Å².